The highest BCUT2D eigenvalue weighted by Crippen LogP contribution is 2.33. The normalized spacial score (nSPS) is 14.9. The summed E-state index contributed by atoms with van der Waals surface area (Å²) in [5.74, 6) is 9.61. The average molecular weight is 460 g/mol. The highest BCUT2D eigenvalue weighted by molar-refractivity contribution is 6.04. The van der Waals surface area contributed by atoms with E-state index in [1.165, 1.54) is 11.8 Å². The molecular weight excluding hydrogens is 434 g/mol. The van der Waals surface area contributed by atoms with Crippen LogP contribution in [0.2, 0.25) is 0 Å². The quantitative estimate of drug-likeness (QED) is 0.379. The summed E-state index contributed by atoms with van der Waals surface area (Å²) in [5, 5.41) is 2.73. The number of ether oxygens (including phenoxy) is 1. The monoisotopic (exact) mass is 459 g/mol. The Hall–Kier alpha value is -4.52. The number of methoxy groups -OCH3 is 1. The maximum absolute atomic E-state index is 12.6. The molecule has 1 aliphatic heterocycles. The molecule has 1 aliphatic rings. The lowest BCUT2D eigenvalue weighted by atomic mass is 10.1. The number of nitrogens with two attached hydrogens (primary N) is 2. The van der Waals surface area contributed by atoms with Gasteiger partial charge in [-0.1, -0.05) is 18.1 Å². The third kappa shape index (κ3) is 4.36. The Morgan fingerprint density at radius 1 is 1.24 bits per heavy atom. The average Bonchev–Trinajstić information content (AvgIpc) is 3.43. The second-order valence-corrected chi connectivity index (χ2v) is 7.73. The fourth-order valence-corrected chi connectivity index (χ4v) is 4.01. The molecule has 10 nitrogen and oxygen atoms in total. The summed E-state index contributed by atoms with van der Waals surface area (Å²) in [6.07, 6.45) is 3.30. The van der Waals surface area contributed by atoms with Gasteiger partial charge >= 0.3 is 0 Å². The van der Waals surface area contributed by atoms with Gasteiger partial charge in [0.15, 0.2) is 11.5 Å². The molecule has 10 heteroatoms. The molecule has 0 radical (unpaired) electrons. The summed E-state index contributed by atoms with van der Waals surface area (Å²) in [6.45, 7) is 2.57. The van der Waals surface area contributed by atoms with Crippen LogP contribution in [-0.2, 0) is 0 Å². The zero-order valence-electron chi connectivity index (χ0n) is 18.9. The number of hydrogen-bond donors (Lipinski definition) is 3. The van der Waals surface area contributed by atoms with Gasteiger partial charge < -0.3 is 26.5 Å². The van der Waals surface area contributed by atoms with Crippen molar-refractivity contribution < 1.29 is 14.3 Å². The molecule has 2 aromatic heterocycles. The Bertz CT molecular complexity index is 1290. The summed E-state index contributed by atoms with van der Waals surface area (Å²) in [7, 11) is 1.54. The highest BCUT2D eigenvalue weighted by Gasteiger charge is 2.32. The Morgan fingerprint density at radius 3 is 2.68 bits per heavy atom. The van der Waals surface area contributed by atoms with Crippen molar-refractivity contribution in [2.75, 3.05) is 24.8 Å². The lowest BCUT2D eigenvalue weighted by Crippen LogP contribution is -2.27. The molecule has 1 fully saturated rings. The van der Waals surface area contributed by atoms with Gasteiger partial charge in [0.25, 0.3) is 11.8 Å². The van der Waals surface area contributed by atoms with Crippen LogP contribution in [0.1, 0.15) is 52.5 Å². The number of carbonyl (C=O) groups excluding carboxylic acids is 2. The number of carbonyl (C=O) groups is 2. The number of likely N-dealkylation sites (tertiary alicyclic amines) is 1. The number of pyridine rings is 1. The summed E-state index contributed by atoms with van der Waals surface area (Å²) in [4.78, 5) is 35.7. The number of nitrogen functional groups attached to an aromatic ring is 1. The van der Waals surface area contributed by atoms with E-state index in [9.17, 15) is 9.59 Å². The van der Waals surface area contributed by atoms with E-state index in [0.717, 1.165) is 19.4 Å². The minimum absolute atomic E-state index is 0.101. The number of primary amides is 1. The Balaban J connectivity index is 1.62. The van der Waals surface area contributed by atoms with Crippen molar-refractivity contribution in [1.82, 2.24) is 19.5 Å². The summed E-state index contributed by atoms with van der Waals surface area (Å²) in [5.41, 5.74) is 7.12. The first kappa shape index (κ1) is 22.7. The predicted octanol–water partition coefficient (Wildman–Crippen LogP) is 2.14. The van der Waals surface area contributed by atoms with Crippen LogP contribution in [0.5, 0.6) is 5.75 Å². The van der Waals surface area contributed by atoms with Crippen LogP contribution in [0.15, 0.2) is 42.6 Å². The first-order chi connectivity index (χ1) is 16.4. The third-order valence-corrected chi connectivity index (χ3v) is 5.61. The van der Waals surface area contributed by atoms with E-state index in [4.69, 9.17) is 16.3 Å². The van der Waals surface area contributed by atoms with Crippen LogP contribution in [-0.4, -0.2) is 45.0 Å². The molecule has 1 atom stereocenters. The number of nitrogens with one attached hydrogen (secondary N) is 1. The number of amides is 2. The van der Waals surface area contributed by atoms with Crippen molar-refractivity contribution in [2.45, 2.75) is 25.8 Å². The van der Waals surface area contributed by atoms with E-state index in [1.807, 2.05) is 4.90 Å². The summed E-state index contributed by atoms with van der Waals surface area (Å²) < 4.78 is 6.40. The van der Waals surface area contributed by atoms with Gasteiger partial charge in [-0.2, -0.15) is 0 Å². The van der Waals surface area contributed by atoms with Gasteiger partial charge in [-0.25, -0.2) is 14.6 Å². The second kappa shape index (κ2) is 9.54. The fourth-order valence-electron chi connectivity index (χ4n) is 4.01. The Labute approximate surface area is 196 Å². The number of anilines is 1. The number of nitrogens with zero attached hydrogens (tertiary/aromatic N) is 4. The SMILES string of the molecule is CC#CN1CCC[C@H]1c1nc(-c2ccc(C(=O)Nc3cc(OC)ccn3)cc2)c(C(N)=O)n1N. The molecule has 0 spiro atoms. The molecule has 3 heterocycles. The second-order valence-electron chi connectivity index (χ2n) is 7.73. The van der Waals surface area contributed by atoms with Crippen LogP contribution in [0.25, 0.3) is 11.3 Å². The van der Waals surface area contributed by atoms with Gasteiger partial charge in [-0.05, 0) is 38.0 Å². The highest BCUT2D eigenvalue weighted by atomic mass is 16.5. The smallest absolute Gasteiger partial charge is 0.269 e. The van der Waals surface area contributed by atoms with Gasteiger partial charge in [-0.3, -0.25) is 9.59 Å². The molecule has 2 amide bonds. The first-order valence-corrected chi connectivity index (χ1v) is 10.7. The largest absolute Gasteiger partial charge is 0.497 e. The van der Waals surface area contributed by atoms with Crippen LogP contribution in [0, 0.1) is 12.0 Å². The maximum Gasteiger partial charge on any atom is 0.269 e. The molecule has 174 valence electrons. The van der Waals surface area contributed by atoms with Crippen molar-refractivity contribution in [1.29, 1.82) is 0 Å². The number of hydrogen-bond acceptors (Lipinski definition) is 7. The molecule has 0 aliphatic carbocycles. The van der Waals surface area contributed by atoms with Crippen LogP contribution in [0.3, 0.4) is 0 Å². The van der Waals surface area contributed by atoms with Crippen molar-refractivity contribution >= 4 is 17.6 Å². The molecule has 5 N–H and O–H groups in total. The van der Waals surface area contributed by atoms with Gasteiger partial charge in [0.2, 0.25) is 0 Å². The van der Waals surface area contributed by atoms with Gasteiger partial charge in [0.1, 0.15) is 17.3 Å². The molecule has 1 saturated heterocycles. The van der Waals surface area contributed by atoms with E-state index >= 15 is 0 Å². The summed E-state index contributed by atoms with van der Waals surface area (Å²) in [6, 6.07) is 12.9. The molecule has 4 rings (SSSR count). The maximum atomic E-state index is 12.6. The van der Waals surface area contributed by atoms with E-state index in [1.54, 1.807) is 49.5 Å². The molecule has 34 heavy (non-hydrogen) atoms. The van der Waals surface area contributed by atoms with Crippen LogP contribution in [0.4, 0.5) is 5.82 Å². The van der Waals surface area contributed by atoms with E-state index < -0.39 is 5.91 Å². The number of imidazole rings is 1. The van der Waals surface area contributed by atoms with Crippen LogP contribution >= 0.6 is 0 Å². The Kier molecular flexibility index (Phi) is 6.36. The van der Waals surface area contributed by atoms with Gasteiger partial charge in [0, 0.05) is 36.0 Å². The predicted molar refractivity (Wildman–Crippen MR) is 127 cm³/mol. The topological polar surface area (TPSA) is 141 Å². The number of aromatic nitrogens is 3. The molecule has 0 bridgehead atoms. The van der Waals surface area contributed by atoms with Crippen molar-refractivity contribution in [3.05, 3.63) is 59.7 Å². The standard InChI is InChI=1S/C24H25N7O3/c1-3-12-30-13-4-5-18(30)23-29-20(21(22(25)32)31(23)26)15-6-8-16(9-7-15)24(33)28-19-14-17(34-2)10-11-27-19/h6-11,14,18H,4-5,13,26H2,1-2H3,(H2,25,32)(H,27,28,33)/t18-/m0/s1. The minimum Gasteiger partial charge on any atom is -0.497 e. The summed E-state index contributed by atoms with van der Waals surface area (Å²) >= 11 is 0. The molecular formula is C24H25N7O3. The number of benzene rings is 1. The van der Waals surface area contributed by atoms with E-state index in [2.05, 4.69) is 27.2 Å². The van der Waals surface area contributed by atoms with Crippen molar-refractivity contribution in [2.24, 2.45) is 5.73 Å². The van der Waals surface area contributed by atoms with Gasteiger partial charge in [0.05, 0.1) is 13.2 Å². The molecule has 0 saturated carbocycles. The zero-order chi connectivity index (χ0) is 24.2. The van der Waals surface area contributed by atoms with E-state index in [-0.39, 0.29) is 17.6 Å². The van der Waals surface area contributed by atoms with Crippen molar-refractivity contribution in [3.63, 3.8) is 0 Å². The van der Waals surface area contributed by atoms with Crippen molar-refractivity contribution in [3.8, 4) is 29.0 Å². The lowest BCUT2D eigenvalue weighted by molar-refractivity contribution is 0.0991. The molecule has 1 aromatic carbocycles. The molecule has 0 unspecified atom stereocenters. The minimum atomic E-state index is -0.687. The van der Waals surface area contributed by atoms with Gasteiger partial charge in [-0.15, -0.1) is 0 Å². The fraction of sp³-hybridized carbons (Fsp3) is 0.250. The Morgan fingerprint density at radius 2 is 2.00 bits per heavy atom. The zero-order valence-corrected chi connectivity index (χ0v) is 18.9. The van der Waals surface area contributed by atoms with E-state index in [0.29, 0.717) is 34.2 Å². The third-order valence-electron chi connectivity index (χ3n) is 5.61. The number of rotatable bonds is 6. The molecule has 3 aromatic rings. The first-order valence-electron chi connectivity index (χ1n) is 10.7. The van der Waals surface area contributed by atoms with Crippen LogP contribution < -0.4 is 21.6 Å². The lowest BCUT2D eigenvalue weighted by Gasteiger charge is -2.19.